The summed E-state index contributed by atoms with van der Waals surface area (Å²) in [5.41, 5.74) is 2.36. The number of nitrogens with one attached hydrogen (secondary N) is 1. The summed E-state index contributed by atoms with van der Waals surface area (Å²) >= 11 is 0. The molecule has 3 atom stereocenters. The van der Waals surface area contributed by atoms with Gasteiger partial charge in [0.1, 0.15) is 11.9 Å². The molecule has 0 heterocycles. The van der Waals surface area contributed by atoms with Crippen molar-refractivity contribution in [2.75, 3.05) is 6.54 Å². The molecule has 0 aliphatic heterocycles. The number of aliphatic hydroxyl groups is 1. The summed E-state index contributed by atoms with van der Waals surface area (Å²) in [4.78, 5) is 0. The average Bonchev–Trinajstić information content (AvgIpc) is 2.75. The van der Waals surface area contributed by atoms with Gasteiger partial charge in [-0.2, -0.15) is 0 Å². The average molecular weight is 263 g/mol. The van der Waals surface area contributed by atoms with Gasteiger partial charge in [-0.25, -0.2) is 0 Å². The van der Waals surface area contributed by atoms with E-state index in [0.29, 0.717) is 0 Å². The van der Waals surface area contributed by atoms with Crippen molar-refractivity contribution >= 4 is 0 Å². The van der Waals surface area contributed by atoms with Crippen molar-refractivity contribution in [3.05, 3.63) is 29.3 Å². The lowest BCUT2D eigenvalue weighted by Crippen LogP contribution is -2.27. The molecule has 0 radical (unpaired) electrons. The lowest BCUT2D eigenvalue weighted by Gasteiger charge is -2.23. The predicted octanol–water partition coefficient (Wildman–Crippen LogP) is 2.96. The van der Waals surface area contributed by atoms with Crippen molar-refractivity contribution < 1.29 is 9.84 Å². The summed E-state index contributed by atoms with van der Waals surface area (Å²) in [6.45, 7) is 7.25. The van der Waals surface area contributed by atoms with Crippen molar-refractivity contribution in [3.8, 4) is 5.75 Å². The molecule has 1 aliphatic rings. The largest absolute Gasteiger partial charge is 0.487 e. The molecule has 2 rings (SSSR count). The van der Waals surface area contributed by atoms with Gasteiger partial charge in [-0.3, -0.25) is 0 Å². The standard InChI is InChI=1S/C16H25NO2/c1-4-17-12(3)13-9-8-11(2)10-16(13)19-15-7-5-6-14(15)18/h8-10,12,14-15,17-18H,4-7H2,1-3H3. The zero-order chi connectivity index (χ0) is 13.8. The van der Waals surface area contributed by atoms with Gasteiger partial charge < -0.3 is 15.2 Å². The summed E-state index contributed by atoms with van der Waals surface area (Å²) in [5, 5.41) is 13.3. The van der Waals surface area contributed by atoms with Crippen LogP contribution in [0.1, 0.15) is 50.3 Å². The van der Waals surface area contributed by atoms with Crippen LogP contribution >= 0.6 is 0 Å². The van der Waals surface area contributed by atoms with Crippen LogP contribution in [0.2, 0.25) is 0 Å². The Morgan fingerprint density at radius 3 is 2.84 bits per heavy atom. The highest BCUT2D eigenvalue weighted by Crippen LogP contribution is 2.31. The molecule has 3 nitrogen and oxygen atoms in total. The zero-order valence-electron chi connectivity index (χ0n) is 12.1. The Morgan fingerprint density at radius 1 is 1.42 bits per heavy atom. The van der Waals surface area contributed by atoms with E-state index in [0.717, 1.165) is 31.6 Å². The second-order valence-corrected chi connectivity index (χ2v) is 5.48. The molecule has 19 heavy (non-hydrogen) atoms. The van der Waals surface area contributed by atoms with Gasteiger partial charge in [-0.1, -0.05) is 19.1 Å². The van der Waals surface area contributed by atoms with E-state index in [2.05, 4.69) is 44.3 Å². The van der Waals surface area contributed by atoms with E-state index >= 15 is 0 Å². The van der Waals surface area contributed by atoms with E-state index in [1.807, 2.05) is 0 Å². The maximum absolute atomic E-state index is 9.91. The van der Waals surface area contributed by atoms with Crippen molar-refractivity contribution in [1.82, 2.24) is 5.32 Å². The molecule has 0 bridgehead atoms. The van der Waals surface area contributed by atoms with Crippen LogP contribution in [0.3, 0.4) is 0 Å². The Balaban J connectivity index is 2.19. The highest BCUT2D eigenvalue weighted by molar-refractivity contribution is 5.39. The van der Waals surface area contributed by atoms with Crippen molar-refractivity contribution in [1.29, 1.82) is 0 Å². The van der Waals surface area contributed by atoms with Crippen LogP contribution in [0.15, 0.2) is 18.2 Å². The molecular weight excluding hydrogens is 238 g/mol. The van der Waals surface area contributed by atoms with Gasteiger partial charge in [0.25, 0.3) is 0 Å². The van der Waals surface area contributed by atoms with Crippen molar-refractivity contribution in [2.45, 2.75) is 58.3 Å². The smallest absolute Gasteiger partial charge is 0.124 e. The molecular formula is C16H25NO2. The molecule has 0 amide bonds. The van der Waals surface area contributed by atoms with Crippen LogP contribution in [0, 0.1) is 6.92 Å². The normalized spacial score (nSPS) is 24.4. The molecule has 1 aromatic rings. The highest BCUT2D eigenvalue weighted by Gasteiger charge is 2.28. The second-order valence-electron chi connectivity index (χ2n) is 5.48. The van der Waals surface area contributed by atoms with E-state index in [4.69, 9.17) is 4.74 Å². The molecule has 3 heteroatoms. The fourth-order valence-corrected chi connectivity index (χ4v) is 2.72. The molecule has 1 aromatic carbocycles. The van der Waals surface area contributed by atoms with Crippen molar-refractivity contribution in [2.24, 2.45) is 0 Å². The number of hydrogen-bond donors (Lipinski definition) is 2. The molecule has 0 saturated heterocycles. The van der Waals surface area contributed by atoms with E-state index < -0.39 is 0 Å². The number of hydrogen-bond acceptors (Lipinski definition) is 3. The lowest BCUT2D eigenvalue weighted by atomic mass is 10.0. The first-order chi connectivity index (χ1) is 9.11. The van der Waals surface area contributed by atoms with Gasteiger partial charge in [0, 0.05) is 11.6 Å². The Morgan fingerprint density at radius 2 is 2.21 bits per heavy atom. The molecule has 3 unspecified atom stereocenters. The van der Waals surface area contributed by atoms with E-state index in [1.54, 1.807) is 0 Å². The van der Waals surface area contributed by atoms with Crippen molar-refractivity contribution in [3.63, 3.8) is 0 Å². The Bertz CT molecular complexity index is 419. The summed E-state index contributed by atoms with van der Waals surface area (Å²) in [5.74, 6) is 0.916. The number of aliphatic hydroxyl groups excluding tert-OH is 1. The molecule has 1 fully saturated rings. The maximum Gasteiger partial charge on any atom is 0.124 e. The highest BCUT2D eigenvalue weighted by atomic mass is 16.5. The maximum atomic E-state index is 9.91. The quantitative estimate of drug-likeness (QED) is 0.858. The molecule has 106 valence electrons. The van der Waals surface area contributed by atoms with Gasteiger partial charge in [0.05, 0.1) is 6.10 Å². The first-order valence-corrected chi connectivity index (χ1v) is 7.30. The number of ether oxygens (including phenoxy) is 1. The van der Waals surface area contributed by atoms with Gasteiger partial charge in [-0.05, 0) is 51.3 Å². The summed E-state index contributed by atoms with van der Waals surface area (Å²) < 4.78 is 6.08. The van der Waals surface area contributed by atoms with Gasteiger partial charge in [-0.15, -0.1) is 0 Å². The minimum Gasteiger partial charge on any atom is -0.487 e. The van der Waals surface area contributed by atoms with Crippen LogP contribution < -0.4 is 10.1 Å². The third-order valence-corrected chi connectivity index (χ3v) is 3.84. The minimum atomic E-state index is -0.317. The molecule has 1 saturated carbocycles. The lowest BCUT2D eigenvalue weighted by molar-refractivity contribution is 0.0594. The monoisotopic (exact) mass is 263 g/mol. The molecule has 2 N–H and O–H groups in total. The number of aryl methyl sites for hydroxylation is 1. The summed E-state index contributed by atoms with van der Waals surface area (Å²) in [6.07, 6.45) is 2.49. The molecule has 0 aromatic heterocycles. The number of benzene rings is 1. The van der Waals surface area contributed by atoms with E-state index in [-0.39, 0.29) is 18.2 Å². The van der Waals surface area contributed by atoms with Crippen LogP contribution in [-0.2, 0) is 0 Å². The van der Waals surface area contributed by atoms with Gasteiger partial charge >= 0.3 is 0 Å². The van der Waals surface area contributed by atoms with Gasteiger partial charge in [0.15, 0.2) is 0 Å². The first kappa shape index (κ1) is 14.4. The van der Waals surface area contributed by atoms with Gasteiger partial charge in [0.2, 0.25) is 0 Å². The fraction of sp³-hybridized carbons (Fsp3) is 0.625. The minimum absolute atomic E-state index is 0.0469. The van der Waals surface area contributed by atoms with E-state index in [9.17, 15) is 5.11 Å². The first-order valence-electron chi connectivity index (χ1n) is 7.30. The predicted molar refractivity (Wildman–Crippen MR) is 77.5 cm³/mol. The topological polar surface area (TPSA) is 41.5 Å². The third-order valence-electron chi connectivity index (χ3n) is 3.84. The van der Waals surface area contributed by atoms with Crippen LogP contribution in [-0.4, -0.2) is 23.9 Å². The fourth-order valence-electron chi connectivity index (χ4n) is 2.72. The molecule has 1 aliphatic carbocycles. The Labute approximate surface area is 116 Å². The van der Waals surface area contributed by atoms with E-state index in [1.165, 1.54) is 11.1 Å². The molecule has 0 spiro atoms. The van der Waals surface area contributed by atoms with Crippen LogP contribution in [0.25, 0.3) is 0 Å². The summed E-state index contributed by atoms with van der Waals surface area (Å²) in [6, 6.07) is 6.58. The Hall–Kier alpha value is -1.06. The second kappa shape index (κ2) is 6.40. The van der Waals surface area contributed by atoms with Crippen LogP contribution in [0.5, 0.6) is 5.75 Å². The third kappa shape index (κ3) is 3.48. The summed E-state index contributed by atoms with van der Waals surface area (Å²) in [7, 11) is 0. The number of rotatable bonds is 5. The van der Waals surface area contributed by atoms with Crippen LogP contribution in [0.4, 0.5) is 0 Å². The Kier molecular flexibility index (Phi) is 4.83. The SMILES string of the molecule is CCNC(C)c1ccc(C)cc1OC1CCCC1O. The zero-order valence-corrected chi connectivity index (χ0v) is 12.1.